The minimum absolute atomic E-state index is 0. The Balaban J connectivity index is 0.000000810. The molecule has 1 aromatic heterocycles. The highest BCUT2D eigenvalue weighted by Crippen LogP contribution is 1.96. The van der Waals surface area contributed by atoms with Crippen LogP contribution in [0.3, 0.4) is 0 Å². The third kappa shape index (κ3) is 1.59. The van der Waals surface area contributed by atoms with Gasteiger partial charge in [-0.05, 0) is 6.92 Å². The van der Waals surface area contributed by atoms with E-state index in [0.29, 0.717) is 0 Å². The summed E-state index contributed by atoms with van der Waals surface area (Å²) in [7, 11) is 0. The lowest BCUT2D eigenvalue weighted by atomic mass is 10.4. The van der Waals surface area contributed by atoms with E-state index in [-0.39, 0.29) is 7.43 Å². The average molecular weight is 140 g/mol. The van der Waals surface area contributed by atoms with Crippen molar-refractivity contribution >= 4 is 0 Å². The molecule has 0 spiro atoms. The van der Waals surface area contributed by atoms with Crippen molar-refractivity contribution in [2.24, 2.45) is 0 Å². The molecule has 2 nitrogen and oxygen atoms in total. The summed E-state index contributed by atoms with van der Waals surface area (Å²) in [4.78, 5) is 4.17. The van der Waals surface area contributed by atoms with E-state index in [2.05, 4.69) is 23.4 Å². The Hall–Kier alpha value is -0.790. The molecule has 0 saturated carbocycles. The highest BCUT2D eigenvalue weighted by Gasteiger charge is 1.94. The van der Waals surface area contributed by atoms with Gasteiger partial charge in [0.05, 0.1) is 0 Å². The number of nitrogens with zero attached hydrogens (tertiary/aromatic N) is 2. The summed E-state index contributed by atoms with van der Waals surface area (Å²) in [6, 6.07) is 0. The molecule has 0 radical (unpaired) electrons. The summed E-state index contributed by atoms with van der Waals surface area (Å²) in [5.74, 6) is 1.18. The van der Waals surface area contributed by atoms with E-state index in [1.807, 2.05) is 12.4 Å². The molecule has 0 unspecified atom stereocenters. The van der Waals surface area contributed by atoms with Gasteiger partial charge in [-0.3, -0.25) is 0 Å². The molecule has 0 aliphatic rings. The molecular formula is C8H16N2. The van der Waals surface area contributed by atoms with E-state index in [1.165, 1.54) is 5.82 Å². The van der Waals surface area contributed by atoms with Gasteiger partial charge in [0, 0.05) is 25.4 Å². The highest BCUT2D eigenvalue weighted by atomic mass is 15.0. The van der Waals surface area contributed by atoms with Crippen LogP contribution in [0, 0.1) is 0 Å². The maximum absolute atomic E-state index is 4.17. The Bertz CT molecular complexity index is 161. The molecule has 1 heterocycles. The van der Waals surface area contributed by atoms with Crippen LogP contribution in [0.2, 0.25) is 0 Å². The van der Waals surface area contributed by atoms with Gasteiger partial charge in [-0.25, -0.2) is 4.98 Å². The molecule has 0 bridgehead atoms. The fourth-order valence-electron chi connectivity index (χ4n) is 0.942. The monoisotopic (exact) mass is 140 g/mol. The van der Waals surface area contributed by atoms with Crippen molar-refractivity contribution < 1.29 is 0 Å². The second kappa shape index (κ2) is 4.09. The Morgan fingerprint density at radius 1 is 1.50 bits per heavy atom. The lowest BCUT2D eigenvalue weighted by Crippen LogP contribution is -1.98. The zero-order valence-corrected chi connectivity index (χ0v) is 5.96. The van der Waals surface area contributed by atoms with Gasteiger partial charge in [0.2, 0.25) is 0 Å². The van der Waals surface area contributed by atoms with Gasteiger partial charge in [0.1, 0.15) is 5.82 Å². The molecule has 1 rings (SSSR count). The van der Waals surface area contributed by atoms with Gasteiger partial charge in [0.15, 0.2) is 0 Å². The maximum atomic E-state index is 4.17. The van der Waals surface area contributed by atoms with Crippen LogP contribution < -0.4 is 0 Å². The first kappa shape index (κ1) is 9.21. The second-order valence-corrected chi connectivity index (χ2v) is 1.98. The SMILES string of the molecule is C.CCc1nccn1CC. The van der Waals surface area contributed by atoms with Crippen LogP contribution in [0.4, 0.5) is 0 Å². The van der Waals surface area contributed by atoms with Crippen molar-refractivity contribution in [3.63, 3.8) is 0 Å². The Morgan fingerprint density at radius 2 is 2.20 bits per heavy atom. The maximum Gasteiger partial charge on any atom is 0.108 e. The van der Waals surface area contributed by atoms with Crippen LogP contribution in [0.1, 0.15) is 27.1 Å². The number of hydrogen-bond acceptors (Lipinski definition) is 1. The Labute approximate surface area is 62.9 Å². The number of rotatable bonds is 2. The predicted octanol–water partition coefficient (Wildman–Crippen LogP) is 2.10. The number of hydrogen-bond donors (Lipinski definition) is 0. The van der Waals surface area contributed by atoms with Crippen molar-refractivity contribution in [2.45, 2.75) is 34.2 Å². The molecule has 0 fully saturated rings. The number of aryl methyl sites for hydroxylation is 2. The van der Waals surface area contributed by atoms with Gasteiger partial charge in [-0.2, -0.15) is 0 Å². The van der Waals surface area contributed by atoms with Crippen molar-refractivity contribution in [2.75, 3.05) is 0 Å². The van der Waals surface area contributed by atoms with E-state index >= 15 is 0 Å². The molecule has 0 saturated heterocycles. The smallest absolute Gasteiger partial charge is 0.108 e. The summed E-state index contributed by atoms with van der Waals surface area (Å²) in [6.07, 6.45) is 4.89. The van der Waals surface area contributed by atoms with E-state index in [4.69, 9.17) is 0 Å². The van der Waals surface area contributed by atoms with Gasteiger partial charge in [-0.15, -0.1) is 0 Å². The molecular weight excluding hydrogens is 124 g/mol. The third-order valence-corrected chi connectivity index (χ3v) is 1.46. The van der Waals surface area contributed by atoms with Crippen LogP contribution >= 0.6 is 0 Å². The zero-order valence-electron chi connectivity index (χ0n) is 5.96. The van der Waals surface area contributed by atoms with E-state index in [1.54, 1.807) is 0 Å². The van der Waals surface area contributed by atoms with Gasteiger partial charge in [0.25, 0.3) is 0 Å². The summed E-state index contributed by atoms with van der Waals surface area (Å²) >= 11 is 0. The third-order valence-electron chi connectivity index (χ3n) is 1.46. The lowest BCUT2D eigenvalue weighted by Gasteiger charge is -1.98. The van der Waals surface area contributed by atoms with E-state index in [9.17, 15) is 0 Å². The topological polar surface area (TPSA) is 17.8 Å². The fourth-order valence-corrected chi connectivity index (χ4v) is 0.942. The molecule has 0 aromatic carbocycles. The summed E-state index contributed by atoms with van der Waals surface area (Å²) in [5, 5.41) is 0. The first-order chi connectivity index (χ1) is 4.38. The molecule has 0 atom stereocenters. The van der Waals surface area contributed by atoms with Crippen LogP contribution in [0.25, 0.3) is 0 Å². The summed E-state index contributed by atoms with van der Waals surface area (Å²) in [5.41, 5.74) is 0. The highest BCUT2D eigenvalue weighted by molar-refractivity contribution is 4.90. The summed E-state index contributed by atoms with van der Waals surface area (Å²) in [6.45, 7) is 5.28. The molecule has 10 heavy (non-hydrogen) atoms. The molecule has 0 aliphatic heterocycles. The van der Waals surface area contributed by atoms with Gasteiger partial charge < -0.3 is 4.57 Å². The van der Waals surface area contributed by atoms with Crippen LogP contribution in [0.15, 0.2) is 12.4 Å². The standard InChI is InChI=1S/C7H12N2.CH4/c1-3-7-8-5-6-9(7)4-2;/h5-6H,3-4H2,1-2H3;1H4. The molecule has 2 heteroatoms. The van der Waals surface area contributed by atoms with Gasteiger partial charge >= 0.3 is 0 Å². The lowest BCUT2D eigenvalue weighted by molar-refractivity contribution is 0.705. The predicted molar refractivity (Wildman–Crippen MR) is 44.0 cm³/mol. The molecule has 0 N–H and O–H groups in total. The van der Waals surface area contributed by atoms with E-state index in [0.717, 1.165) is 13.0 Å². The Kier molecular flexibility index (Phi) is 3.77. The fraction of sp³-hybridized carbons (Fsp3) is 0.625. The van der Waals surface area contributed by atoms with Crippen molar-refractivity contribution in [1.82, 2.24) is 9.55 Å². The molecule has 0 amide bonds. The van der Waals surface area contributed by atoms with Crippen LogP contribution in [0.5, 0.6) is 0 Å². The molecule has 0 aliphatic carbocycles. The van der Waals surface area contributed by atoms with Crippen molar-refractivity contribution in [3.05, 3.63) is 18.2 Å². The largest absolute Gasteiger partial charge is 0.335 e. The Morgan fingerprint density at radius 3 is 2.60 bits per heavy atom. The summed E-state index contributed by atoms with van der Waals surface area (Å²) < 4.78 is 2.15. The molecule has 1 aromatic rings. The molecule has 58 valence electrons. The first-order valence-electron chi connectivity index (χ1n) is 3.38. The van der Waals surface area contributed by atoms with Crippen molar-refractivity contribution in [3.8, 4) is 0 Å². The minimum atomic E-state index is 0. The minimum Gasteiger partial charge on any atom is -0.335 e. The number of imidazole rings is 1. The van der Waals surface area contributed by atoms with Gasteiger partial charge in [-0.1, -0.05) is 14.4 Å². The first-order valence-corrected chi connectivity index (χ1v) is 3.38. The van der Waals surface area contributed by atoms with E-state index < -0.39 is 0 Å². The number of aromatic nitrogens is 2. The van der Waals surface area contributed by atoms with Crippen LogP contribution in [-0.2, 0) is 13.0 Å². The normalized spacial score (nSPS) is 9.00. The second-order valence-electron chi connectivity index (χ2n) is 1.98. The quantitative estimate of drug-likeness (QED) is 0.615. The zero-order chi connectivity index (χ0) is 6.69. The average Bonchev–Trinajstić information content (AvgIpc) is 2.33. The van der Waals surface area contributed by atoms with Crippen LogP contribution in [-0.4, -0.2) is 9.55 Å². The van der Waals surface area contributed by atoms with Crippen molar-refractivity contribution in [1.29, 1.82) is 0 Å².